The van der Waals surface area contributed by atoms with Crippen molar-refractivity contribution in [2.45, 2.75) is 46.1 Å². The maximum Gasteiger partial charge on any atom is 0.224 e. The van der Waals surface area contributed by atoms with Crippen molar-refractivity contribution in [1.82, 2.24) is 0 Å². The molecule has 3 heteroatoms. The molecule has 0 aromatic heterocycles. The minimum atomic E-state index is -0.467. The van der Waals surface area contributed by atoms with Crippen LogP contribution < -0.4 is 5.32 Å². The van der Waals surface area contributed by atoms with Gasteiger partial charge in [-0.2, -0.15) is 0 Å². The molecule has 2 N–H and O–H groups in total. The minimum absolute atomic E-state index is 0.0738. The fourth-order valence-corrected chi connectivity index (χ4v) is 2.22. The van der Waals surface area contributed by atoms with Crippen molar-refractivity contribution >= 4 is 11.6 Å². The number of amides is 1. The molecule has 0 bridgehead atoms. The lowest BCUT2D eigenvalue weighted by Gasteiger charge is -2.30. The van der Waals surface area contributed by atoms with Crippen LogP contribution >= 0.6 is 0 Å². The van der Waals surface area contributed by atoms with Gasteiger partial charge in [-0.05, 0) is 35.4 Å². The van der Waals surface area contributed by atoms with Crippen LogP contribution in [0.4, 0.5) is 5.69 Å². The quantitative estimate of drug-likeness (QED) is 0.862. The van der Waals surface area contributed by atoms with Gasteiger partial charge in [0.1, 0.15) is 0 Å². The van der Waals surface area contributed by atoms with Crippen molar-refractivity contribution in [2.75, 3.05) is 5.32 Å². The number of hydrogen-bond donors (Lipinski definition) is 2. The van der Waals surface area contributed by atoms with E-state index in [-0.39, 0.29) is 11.3 Å². The van der Waals surface area contributed by atoms with Crippen LogP contribution in [0.5, 0.6) is 0 Å². The largest absolute Gasteiger partial charge is 0.388 e. The first-order valence-electron chi connectivity index (χ1n) is 6.55. The van der Waals surface area contributed by atoms with E-state index in [1.807, 2.05) is 18.2 Å². The summed E-state index contributed by atoms with van der Waals surface area (Å²) < 4.78 is 0. The van der Waals surface area contributed by atoms with E-state index in [2.05, 4.69) is 26.1 Å². The highest BCUT2D eigenvalue weighted by Crippen LogP contribution is 2.37. The maximum absolute atomic E-state index is 11.3. The molecule has 0 spiro atoms. The highest BCUT2D eigenvalue weighted by Gasteiger charge is 2.28. The Hall–Kier alpha value is -1.35. The third kappa shape index (κ3) is 2.41. The zero-order valence-corrected chi connectivity index (χ0v) is 11.3. The van der Waals surface area contributed by atoms with Crippen LogP contribution in [0.3, 0.4) is 0 Å². The van der Waals surface area contributed by atoms with E-state index in [0.29, 0.717) is 6.42 Å². The number of benzene rings is 1. The normalized spacial score (nSPS) is 17.0. The first-order valence-corrected chi connectivity index (χ1v) is 6.55. The van der Waals surface area contributed by atoms with Gasteiger partial charge < -0.3 is 10.4 Å². The van der Waals surface area contributed by atoms with Crippen molar-refractivity contribution in [2.24, 2.45) is 5.41 Å². The Morgan fingerprint density at radius 3 is 2.78 bits per heavy atom. The molecule has 98 valence electrons. The van der Waals surface area contributed by atoms with Crippen LogP contribution in [0.1, 0.15) is 50.8 Å². The van der Waals surface area contributed by atoms with Crippen LogP contribution in [-0.4, -0.2) is 11.0 Å². The topological polar surface area (TPSA) is 49.3 Å². The summed E-state index contributed by atoms with van der Waals surface area (Å²) >= 11 is 0. The summed E-state index contributed by atoms with van der Waals surface area (Å²) in [5.41, 5.74) is 2.82. The van der Waals surface area contributed by atoms with Gasteiger partial charge in [-0.25, -0.2) is 0 Å². The van der Waals surface area contributed by atoms with Gasteiger partial charge in [0, 0.05) is 12.1 Å². The van der Waals surface area contributed by atoms with E-state index in [1.54, 1.807) is 0 Å². The molecule has 0 aliphatic carbocycles. The van der Waals surface area contributed by atoms with Gasteiger partial charge in [0.05, 0.1) is 6.10 Å². The number of carbonyl (C=O) groups is 1. The van der Waals surface area contributed by atoms with E-state index in [4.69, 9.17) is 0 Å². The van der Waals surface area contributed by atoms with Crippen molar-refractivity contribution in [3.63, 3.8) is 0 Å². The average Bonchev–Trinajstić information content (AvgIpc) is 2.37. The summed E-state index contributed by atoms with van der Waals surface area (Å²) in [6.45, 7) is 6.22. The number of aliphatic hydroxyl groups excluding tert-OH is 1. The summed E-state index contributed by atoms with van der Waals surface area (Å²) in [6.07, 6.45) is 1.74. The molecule has 1 amide bonds. The van der Waals surface area contributed by atoms with E-state index >= 15 is 0 Å². The summed E-state index contributed by atoms with van der Waals surface area (Å²) in [5, 5.41) is 13.3. The van der Waals surface area contributed by atoms with Gasteiger partial charge in [0.25, 0.3) is 0 Å². The molecule has 3 nitrogen and oxygen atoms in total. The van der Waals surface area contributed by atoms with Gasteiger partial charge in [0.2, 0.25) is 5.91 Å². The second-order valence-corrected chi connectivity index (χ2v) is 5.71. The molecule has 1 aromatic carbocycles. The smallest absolute Gasteiger partial charge is 0.224 e. The molecule has 0 radical (unpaired) electrons. The predicted octanol–water partition coefficient (Wildman–Crippen LogP) is 3.04. The number of rotatable bonds is 3. The molecule has 1 unspecified atom stereocenters. The van der Waals surface area contributed by atoms with Gasteiger partial charge in [-0.15, -0.1) is 0 Å². The van der Waals surface area contributed by atoms with Gasteiger partial charge in [-0.1, -0.05) is 32.9 Å². The highest BCUT2D eigenvalue weighted by atomic mass is 16.3. The fourth-order valence-electron chi connectivity index (χ4n) is 2.22. The summed E-state index contributed by atoms with van der Waals surface area (Å²) in [7, 11) is 0. The van der Waals surface area contributed by atoms with Gasteiger partial charge in [-0.3, -0.25) is 4.79 Å². The first-order chi connectivity index (χ1) is 8.44. The molecule has 1 aliphatic rings. The monoisotopic (exact) mass is 247 g/mol. The zero-order valence-electron chi connectivity index (χ0n) is 11.3. The van der Waals surface area contributed by atoms with E-state index < -0.39 is 6.10 Å². The number of carbonyl (C=O) groups excluding carboxylic acids is 1. The molecule has 1 heterocycles. The Morgan fingerprint density at radius 1 is 1.39 bits per heavy atom. The van der Waals surface area contributed by atoms with Crippen molar-refractivity contribution in [3.8, 4) is 0 Å². The van der Waals surface area contributed by atoms with Crippen molar-refractivity contribution in [3.05, 3.63) is 29.3 Å². The Kier molecular flexibility index (Phi) is 3.44. The number of aryl methyl sites for hydroxylation is 1. The van der Waals surface area contributed by atoms with E-state index in [9.17, 15) is 9.90 Å². The van der Waals surface area contributed by atoms with Crippen LogP contribution in [0.15, 0.2) is 18.2 Å². The molecule has 1 atom stereocenters. The SMILES string of the molecule is CCC(C)(C)C(O)c1ccc2c(c1)CCC(=O)N2. The molecular weight excluding hydrogens is 226 g/mol. The van der Waals surface area contributed by atoms with Crippen LogP contribution in [0.25, 0.3) is 0 Å². The lowest BCUT2D eigenvalue weighted by Crippen LogP contribution is -2.22. The summed E-state index contributed by atoms with van der Waals surface area (Å²) in [6, 6.07) is 5.83. The average molecular weight is 247 g/mol. The molecule has 0 fully saturated rings. The molecular formula is C15H21NO2. The number of nitrogens with one attached hydrogen (secondary N) is 1. The van der Waals surface area contributed by atoms with Crippen molar-refractivity contribution < 1.29 is 9.90 Å². The highest BCUT2D eigenvalue weighted by molar-refractivity contribution is 5.93. The molecule has 2 rings (SSSR count). The van der Waals surface area contributed by atoms with Crippen LogP contribution in [0, 0.1) is 5.41 Å². The second kappa shape index (κ2) is 4.73. The zero-order chi connectivity index (χ0) is 13.3. The van der Waals surface area contributed by atoms with E-state index in [0.717, 1.165) is 29.7 Å². The minimum Gasteiger partial charge on any atom is -0.388 e. The lowest BCUT2D eigenvalue weighted by atomic mass is 9.80. The van der Waals surface area contributed by atoms with Crippen LogP contribution in [0.2, 0.25) is 0 Å². The Labute approximate surface area is 108 Å². The Balaban J connectivity index is 2.29. The number of hydrogen-bond acceptors (Lipinski definition) is 2. The van der Waals surface area contributed by atoms with Gasteiger partial charge >= 0.3 is 0 Å². The number of fused-ring (bicyclic) bond motifs is 1. The fraction of sp³-hybridized carbons (Fsp3) is 0.533. The third-order valence-electron chi connectivity index (χ3n) is 3.99. The molecule has 18 heavy (non-hydrogen) atoms. The number of aliphatic hydroxyl groups is 1. The maximum atomic E-state index is 11.3. The van der Waals surface area contributed by atoms with E-state index in [1.165, 1.54) is 0 Å². The van der Waals surface area contributed by atoms with Crippen molar-refractivity contribution in [1.29, 1.82) is 0 Å². The second-order valence-electron chi connectivity index (χ2n) is 5.71. The van der Waals surface area contributed by atoms with Gasteiger partial charge in [0.15, 0.2) is 0 Å². The summed E-state index contributed by atoms with van der Waals surface area (Å²) in [5.74, 6) is 0.0738. The standard InChI is InChI=1S/C15H21NO2/c1-4-15(2,3)14(18)11-5-7-12-10(9-11)6-8-13(17)16-12/h5,7,9,14,18H,4,6,8H2,1-3H3,(H,16,17). The Morgan fingerprint density at radius 2 is 2.11 bits per heavy atom. The van der Waals surface area contributed by atoms with Crippen LogP contribution in [-0.2, 0) is 11.2 Å². The molecule has 1 aliphatic heterocycles. The summed E-state index contributed by atoms with van der Waals surface area (Å²) in [4.78, 5) is 11.3. The first kappa shape index (κ1) is 13.1. The lowest BCUT2D eigenvalue weighted by molar-refractivity contribution is -0.116. The molecule has 1 aromatic rings. The molecule has 0 saturated heterocycles. The third-order valence-corrected chi connectivity index (χ3v) is 3.99. The molecule has 0 saturated carbocycles. The number of anilines is 1. The Bertz CT molecular complexity index is 466. The predicted molar refractivity (Wildman–Crippen MR) is 72.4 cm³/mol.